The van der Waals surface area contributed by atoms with Crippen LogP contribution in [0.1, 0.15) is 17.5 Å². The van der Waals surface area contributed by atoms with Gasteiger partial charge in [-0.25, -0.2) is 0 Å². The predicted molar refractivity (Wildman–Crippen MR) is 101 cm³/mol. The molecule has 2 aromatic rings. The lowest BCUT2D eigenvalue weighted by atomic mass is 10.00. The smallest absolute Gasteiger partial charge is 0.246 e. The van der Waals surface area contributed by atoms with Crippen LogP contribution in [0.15, 0.2) is 42.5 Å². The molecule has 0 fully saturated rings. The van der Waals surface area contributed by atoms with Crippen LogP contribution in [0, 0.1) is 0 Å². The number of anilines is 3. The average molecular weight is 344 g/mol. The van der Waals surface area contributed by atoms with Gasteiger partial charge < -0.3 is 15.5 Å². The summed E-state index contributed by atoms with van der Waals surface area (Å²) in [6, 6.07) is 14.2. The molecule has 4 nitrogen and oxygen atoms in total. The first kappa shape index (κ1) is 16.7. The Hall–Kier alpha value is -2.20. The number of benzene rings is 2. The first-order chi connectivity index (χ1) is 11.2. The van der Waals surface area contributed by atoms with Gasteiger partial charge in [-0.1, -0.05) is 24.3 Å². The number of nitrogens with two attached hydrogens (primary N) is 1. The zero-order valence-electron chi connectivity index (χ0n) is 13.6. The van der Waals surface area contributed by atoms with Crippen LogP contribution in [-0.2, 0) is 17.6 Å². The van der Waals surface area contributed by atoms with Crippen molar-refractivity contribution in [2.45, 2.75) is 19.3 Å². The van der Waals surface area contributed by atoms with E-state index in [1.807, 2.05) is 35.2 Å². The Kier molecular flexibility index (Phi) is 4.67. The number of fused-ring (bicyclic) bond motifs is 2. The summed E-state index contributed by atoms with van der Waals surface area (Å²) in [5.41, 5.74) is 11.6. The molecule has 0 aromatic heterocycles. The van der Waals surface area contributed by atoms with Gasteiger partial charge >= 0.3 is 0 Å². The maximum absolute atomic E-state index is 12.8. The molecule has 0 unspecified atom stereocenters. The van der Waals surface area contributed by atoms with Crippen molar-refractivity contribution in [1.29, 1.82) is 0 Å². The van der Waals surface area contributed by atoms with Crippen LogP contribution in [-0.4, -0.2) is 25.5 Å². The summed E-state index contributed by atoms with van der Waals surface area (Å²) in [5.74, 6) is 0.172. The minimum atomic E-state index is 0. The molecule has 4 rings (SSSR count). The van der Waals surface area contributed by atoms with E-state index < -0.39 is 0 Å². The molecule has 24 heavy (non-hydrogen) atoms. The average Bonchev–Trinajstić information content (AvgIpc) is 3.00. The highest BCUT2D eigenvalue weighted by Gasteiger charge is 2.27. The summed E-state index contributed by atoms with van der Waals surface area (Å²) >= 11 is 0. The first-order valence-electron chi connectivity index (χ1n) is 8.24. The number of amides is 1. The number of hydrogen-bond acceptors (Lipinski definition) is 3. The topological polar surface area (TPSA) is 49.6 Å². The fourth-order valence-electron chi connectivity index (χ4n) is 3.74. The van der Waals surface area contributed by atoms with Gasteiger partial charge in [0.1, 0.15) is 0 Å². The molecular formula is C19H22ClN3O. The molecule has 0 bridgehead atoms. The Balaban J connectivity index is 0.00000169. The molecule has 126 valence electrons. The van der Waals surface area contributed by atoms with E-state index in [0.717, 1.165) is 49.4 Å². The quantitative estimate of drug-likeness (QED) is 0.853. The minimum absolute atomic E-state index is 0. The molecule has 5 heteroatoms. The number of para-hydroxylation sites is 1. The van der Waals surface area contributed by atoms with Crippen LogP contribution in [0.25, 0.3) is 0 Å². The van der Waals surface area contributed by atoms with E-state index in [1.165, 1.54) is 11.1 Å². The van der Waals surface area contributed by atoms with Crippen molar-refractivity contribution in [3.8, 4) is 0 Å². The fourth-order valence-corrected chi connectivity index (χ4v) is 3.74. The lowest BCUT2D eigenvalue weighted by molar-refractivity contribution is -0.117. The van der Waals surface area contributed by atoms with Crippen LogP contribution in [0.3, 0.4) is 0 Å². The number of carbonyl (C=O) groups excluding carboxylic acids is 1. The van der Waals surface area contributed by atoms with Crippen LogP contribution in [0.5, 0.6) is 0 Å². The van der Waals surface area contributed by atoms with Crippen LogP contribution in [0.4, 0.5) is 17.1 Å². The second-order valence-electron chi connectivity index (χ2n) is 6.29. The third kappa shape index (κ3) is 2.82. The van der Waals surface area contributed by atoms with Crippen molar-refractivity contribution in [3.63, 3.8) is 0 Å². The van der Waals surface area contributed by atoms with E-state index in [0.29, 0.717) is 6.54 Å². The van der Waals surface area contributed by atoms with Crippen molar-refractivity contribution in [2.75, 3.05) is 35.2 Å². The molecule has 2 heterocycles. The molecule has 0 radical (unpaired) electrons. The van der Waals surface area contributed by atoms with Crippen molar-refractivity contribution < 1.29 is 4.79 Å². The fraction of sp³-hybridized carbons (Fsp3) is 0.316. The normalized spacial score (nSPS) is 15.5. The molecule has 2 aliphatic rings. The number of carbonyl (C=O) groups is 1. The summed E-state index contributed by atoms with van der Waals surface area (Å²) in [5, 5.41) is 0. The van der Waals surface area contributed by atoms with Gasteiger partial charge in [-0.3, -0.25) is 4.79 Å². The van der Waals surface area contributed by atoms with Crippen molar-refractivity contribution in [2.24, 2.45) is 0 Å². The minimum Gasteiger partial charge on any atom is -0.398 e. The highest BCUT2D eigenvalue weighted by molar-refractivity contribution is 5.98. The molecule has 0 atom stereocenters. The van der Waals surface area contributed by atoms with Gasteiger partial charge in [0.15, 0.2) is 0 Å². The molecular weight excluding hydrogens is 322 g/mol. The Bertz CT molecular complexity index is 762. The zero-order chi connectivity index (χ0) is 15.8. The predicted octanol–water partition coefficient (Wildman–Crippen LogP) is 3.03. The number of hydrogen-bond donors (Lipinski definition) is 1. The third-order valence-corrected chi connectivity index (χ3v) is 4.90. The van der Waals surface area contributed by atoms with Gasteiger partial charge in [0, 0.05) is 30.2 Å². The molecule has 1 amide bonds. The Morgan fingerprint density at radius 2 is 1.79 bits per heavy atom. The second-order valence-corrected chi connectivity index (χ2v) is 6.29. The Morgan fingerprint density at radius 1 is 1.00 bits per heavy atom. The SMILES string of the molecule is Cl.Nc1cccc2c1CCCN2CC(=O)N1CCc2ccccc21. The first-order valence-corrected chi connectivity index (χ1v) is 8.24. The maximum Gasteiger partial charge on any atom is 0.246 e. The Morgan fingerprint density at radius 3 is 2.67 bits per heavy atom. The number of nitrogen functional groups attached to an aromatic ring is 1. The van der Waals surface area contributed by atoms with Crippen LogP contribution >= 0.6 is 12.4 Å². The highest BCUT2D eigenvalue weighted by atomic mass is 35.5. The number of nitrogens with zero attached hydrogens (tertiary/aromatic N) is 2. The summed E-state index contributed by atoms with van der Waals surface area (Å²) in [4.78, 5) is 16.9. The Labute approximate surface area is 148 Å². The van der Waals surface area contributed by atoms with Gasteiger partial charge in [-0.15, -0.1) is 12.4 Å². The molecule has 0 aliphatic carbocycles. The van der Waals surface area contributed by atoms with E-state index in [1.54, 1.807) is 0 Å². The largest absolute Gasteiger partial charge is 0.398 e. The van der Waals surface area contributed by atoms with Gasteiger partial charge in [0.05, 0.1) is 6.54 Å². The van der Waals surface area contributed by atoms with Crippen molar-refractivity contribution in [1.82, 2.24) is 0 Å². The second kappa shape index (κ2) is 6.73. The molecule has 2 aromatic carbocycles. The summed E-state index contributed by atoms with van der Waals surface area (Å²) in [7, 11) is 0. The van der Waals surface area contributed by atoms with Gasteiger partial charge in [0.2, 0.25) is 5.91 Å². The summed E-state index contributed by atoms with van der Waals surface area (Å²) in [6.45, 7) is 2.12. The number of rotatable bonds is 2. The van der Waals surface area contributed by atoms with Gasteiger partial charge in [0.25, 0.3) is 0 Å². The van der Waals surface area contributed by atoms with Crippen LogP contribution < -0.4 is 15.5 Å². The van der Waals surface area contributed by atoms with E-state index >= 15 is 0 Å². The summed E-state index contributed by atoms with van der Waals surface area (Å²) < 4.78 is 0. The molecule has 0 saturated carbocycles. The number of halogens is 1. The van der Waals surface area contributed by atoms with Crippen molar-refractivity contribution >= 4 is 35.4 Å². The van der Waals surface area contributed by atoms with E-state index in [4.69, 9.17) is 5.73 Å². The molecule has 2 N–H and O–H groups in total. The highest BCUT2D eigenvalue weighted by Crippen LogP contribution is 2.32. The van der Waals surface area contributed by atoms with Crippen LogP contribution in [0.2, 0.25) is 0 Å². The third-order valence-electron chi connectivity index (χ3n) is 4.90. The van der Waals surface area contributed by atoms with E-state index in [2.05, 4.69) is 17.0 Å². The van der Waals surface area contributed by atoms with Gasteiger partial charge in [-0.2, -0.15) is 0 Å². The monoisotopic (exact) mass is 343 g/mol. The lowest BCUT2D eigenvalue weighted by Gasteiger charge is -2.32. The van der Waals surface area contributed by atoms with Crippen molar-refractivity contribution in [3.05, 3.63) is 53.6 Å². The molecule has 0 spiro atoms. The lowest BCUT2D eigenvalue weighted by Crippen LogP contribution is -2.41. The van der Waals surface area contributed by atoms with E-state index in [-0.39, 0.29) is 18.3 Å². The standard InChI is InChI=1S/C19H21N3O.ClH/c20-16-7-3-9-18-15(16)6-4-11-21(18)13-19(23)22-12-10-14-5-1-2-8-17(14)22;/h1-3,5,7-9H,4,6,10-13,20H2;1H. The van der Waals surface area contributed by atoms with E-state index in [9.17, 15) is 4.79 Å². The summed E-state index contributed by atoms with van der Waals surface area (Å²) in [6.07, 6.45) is 3.00. The molecule has 0 saturated heterocycles. The maximum atomic E-state index is 12.8. The van der Waals surface area contributed by atoms with Gasteiger partial charge in [-0.05, 0) is 48.6 Å². The molecule has 2 aliphatic heterocycles. The zero-order valence-corrected chi connectivity index (χ0v) is 14.4.